The van der Waals surface area contributed by atoms with Crippen LogP contribution in [-0.4, -0.2) is 12.2 Å². The van der Waals surface area contributed by atoms with Crippen LogP contribution in [-0.2, 0) is 5.54 Å². The maximum absolute atomic E-state index is 14.0. The number of methoxy groups -OCH3 is 1. The summed E-state index contributed by atoms with van der Waals surface area (Å²) >= 11 is 0. The van der Waals surface area contributed by atoms with Gasteiger partial charge >= 0.3 is 0 Å². The van der Waals surface area contributed by atoms with Gasteiger partial charge in [0, 0.05) is 23.2 Å². The van der Waals surface area contributed by atoms with Crippen molar-refractivity contribution in [2.75, 3.05) is 7.11 Å². The van der Waals surface area contributed by atoms with Gasteiger partial charge in [0.05, 0.1) is 7.11 Å². The summed E-state index contributed by atoms with van der Waals surface area (Å²) in [5, 5.41) is 9.92. The molecule has 0 atom stereocenters. The molecule has 0 aliphatic heterocycles. The summed E-state index contributed by atoms with van der Waals surface area (Å²) in [6.45, 7) is 0. The highest BCUT2D eigenvalue weighted by Gasteiger charge is 2.34. The van der Waals surface area contributed by atoms with Gasteiger partial charge in [-0.2, -0.15) is 0 Å². The van der Waals surface area contributed by atoms with E-state index < -0.39 is 11.4 Å². The topological polar surface area (TPSA) is 55.5 Å². The van der Waals surface area contributed by atoms with Crippen LogP contribution in [0.1, 0.15) is 37.7 Å². The van der Waals surface area contributed by atoms with Crippen molar-refractivity contribution < 1.29 is 14.2 Å². The highest BCUT2D eigenvalue weighted by atomic mass is 19.1. The first kappa shape index (κ1) is 12.2. The second-order valence-corrected chi connectivity index (χ2v) is 4.72. The van der Waals surface area contributed by atoms with Crippen molar-refractivity contribution in [1.29, 1.82) is 0 Å². The highest BCUT2D eigenvalue weighted by molar-refractivity contribution is 5.45. The number of benzene rings is 1. The molecule has 1 aromatic carbocycles. The molecule has 94 valence electrons. The number of phenolic OH excluding ortho intramolecular Hbond substituents is 1. The van der Waals surface area contributed by atoms with Gasteiger partial charge in [-0.15, -0.1) is 0 Å². The smallest absolute Gasteiger partial charge is 0.135 e. The van der Waals surface area contributed by atoms with Crippen LogP contribution in [0.5, 0.6) is 11.5 Å². The van der Waals surface area contributed by atoms with Crippen LogP contribution in [0.25, 0.3) is 0 Å². The first-order chi connectivity index (χ1) is 8.07. The largest absolute Gasteiger partial charge is 0.507 e. The van der Waals surface area contributed by atoms with E-state index in [1.54, 1.807) is 0 Å². The third-order valence-corrected chi connectivity index (χ3v) is 3.52. The van der Waals surface area contributed by atoms with Crippen LogP contribution in [0.2, 0.25) is 0 Å². The number of rotatable bonds is 2. The molecule has 1 saturated carbocycles. The lowest BCUT2D eigenvalue weighted by Gasteiger charge is -2.34. The van der Waals surface area contributed by atoms with Crippen LogP contribution in [0, 0.1) is 5.82 Å². The molecule has 1 fully saturated rings. The molecule has 0 spiro atoms. The first-order valence-electron chi connectivity index (χ1n) is 5.93. The first-order valence-corrected chi connectivity index (χ1v) is 5.93. The van der Waals surface area contributed by atoms with Crippen molar-refractivity contribution in [3.05, 3.63) is 23.5 Å². The Balaban J connectivity index is 2.44. The van der Waals surface area contributed by atoms with Gasteiger partial charge in [-0.05, 0) is 12.8 Å². The van der Waals surface area contributed by atoms with Crippen molar-refractivity contribution >= 4 is 0 Å². The quantitative estimate of drug-likeness (QED) is 0.834. The molecule has 0 bridgehead atoms. The second-order valence-electron chi connectivity index (χ2n) is 4.72. The van der Waals surface area contributed by atoms with Crippen molar-refractivity contribution in [2.45, 2.75) is 37.6 Å². The molecule has 0 amide bonds. The molecule has 0 radical (unpaired) electrons. The van der Waals surface area contributed by atoms with Gasteiger partial charge in [-0.1, -0.05) is 19.3 Å². The van der Waals surface area contributed by atoms with Crippen molar-refractivity contribution in [3.8, 4) is 11.5 Å². The summed E-state index contributed by atoms with van der Waals surface area (Å²) in [7, 11) is 1.44. The lowest BCUT2D eigenvalue weighted by molar-refractivity contribution is 0.280. The molecular weight excluding hydrogens is 221 g/mol. The summed E-state index contributed by atoms with van der Waals surface area (Å²) in [6, 6.07) is 2.69. The maximum Gasteiger partial charge on any atom is 0.135 e. The van der Waals surface area contributed by atoms with E-state index in [2.05, 4.69) is 0 Å². The minimum atomic E-state index is -0.737. The van der Waals surface area contributed by atoms with Crippen LogP contribution < -0.4 is 10.5 Å². The number of ether oxygens (including phenoxy) is 1. The minimum Gasteiger partial charge on any atom is -0.507 e. The Bertz CT molecular complexity index is 391. The summed E-state index contributed by atoms with van der Waals surface area (Å²) in [5.74, 6) is -0.277. The van der Waals surface area contributed by atoms with Crippen LogP contribution in [0.15, 0.2) is 12.1 Å². The van der Waals surface area contributed by atoms with E-state index in [0.29, 0.717) is 18.6 Å². The minimum absolute atomic E-state index is 0.105. The Labute approximate surface area is 100 Å². The lowest BCUT2D eigenvalue weighted by Crippen LogP contribution is -2.39. The van der Waals surface area contributed by atoms with Crippen molar-refractivity contribution in [3.63, 3.8) is 0 Å². The second kappa shape index (κ2) is 4.53. The molecule has 0 heterocycles. The predicted octanol–water partition coefficient (Wildman–Crippen LogP) is 2.66. The summed E-state index contributed by atoms with van der Waals surface area (Å²) in [4.78, 5) is 0. The summed E-state index contributed by atoms with van der Waals surface area (Å²) < 4.78 is 18.9. The number of hydrogen-bond acceptors (Lipinski definition) is 3. The molecule has 1 aromatic rings. The zero-order valence-electron chi connectivity index (χ0n) is 10.0. The van der Waals surface area contributed by atoms with E-state index in [1.807, 2.05) is 0 Å². The highest BCUT2D eigenvalue weighted by Crippen LogP contribution is 2.41. The molecule has 0 saturated heterocycles. The molecular formula is C13H18FNO2. The molecule has 1 aliphatic carbocycles. The predicted molar refractivity (Wildman–Crippen MR) is 63.6 cm³/mol. The molecule has 4 heteroatoms. The fraction of sp³-hybridized carbons (Fsp3) is 0.538. The standard InChI is InChI=1S/C13H18FNO2/c1-17-9-7-10(14)12(11(16)8-9)13(15)5-3-2-4-6-13/h7-8,16H,2-6,15H2,1H3. The zero-order chi connectivity index (χ0) is 12.5. The molecule has 3 nitrogen and oxygen atoms in total. The van der Waals surface area contributed by atoms with Crippen molar-refractivity contribution in [1.82, 2.24) is 0 Å². The monoisotopic (exact) mass is 239 g/mol. The third kappa shape index (κ3) is 2.22. The van der Waals surface area contributed by atoms with E-state index in [-0.39, 0.29) is 11.3 Å². The Morgan fingerprint density at radius 2 is 1.94 bits per heavy atom. The number of halogens is 1. The SMILES string of the molecule is COc1cc(O)c(C2(N)CCCCC2)c(F)c1. The van der Waals surface area contributed by atoms with Crippen molar-refractivity contribution in [2.24, 2.45) is 5.73 Å². The Morgan fingerprint density at radius 1 is 1.29 bits per heavy atom. The zero-order valence-corrected chi connectivity index (χ0v) is 10.0. The lowest BCUT2D eigenvalue weighted by atomic mass is 9.77. The summed E-state index contributed by atoms with van der Waals surface area (Å²) in [6.07, 6.45) is 4.49. The average Bonchev–Trinajstić information content (AvgIpc) is 2.28. The van der Waals surface area contributed by atoms with E-state index >= 15 is 0 Å². The number of hydrogen-bond donors (Lipinski definition) is 2. The normalized spacial score (nSPS) is 19.0. The van der Waals surface area contributed by atoms with Gasteiger partial charge in [0.25, 0.3) is 0 Å². The summed E-state index contributed by atoms with van der Waals surface area (Å²) in [5.41, 5.74) is 5.73. The third-order valence-electron chi connectivity index (χ3n) is 3.52. The maximum atomic E-state index is 14.0. The van der Waals surface area contributed by atoms with Crippen LogP contribution in [0.4, 0.5) is 4.39 Å². The van der Waals surface area contributed by atoms with Gasteiger partial charge in [0.2, 0.25) is 0 Å². The molecule has 17 heavy (non-hydrogen) atoms. The van der Waals surface area contributed by atoms with Crippen LogP contribution >= 0.6 is 0 Å². The van der Waals surface area contributed by atoms with E-state index in [1.165, 1.54) is 19.2 Å². The Hall–Kier alpha value is -1.29. The Kier molecular flexibility index (Phi) is 3.24. The van der Waals surface area contributed by atoms with E-state index in [9.17, 15) is 9.50 Å². The number of aromatic hydroxyl groups is 1. The fourth-order valence-corrected chi connectivity index (χ4v) is 2.61. The van der Waals surface area contributed by atoms with Gasteiger partial charge in [0.1, 0.15) is 17.3 Å². The molecule has 3 N–H and O–H groups in total. The number of phenols is 1. The van der Waals surface area contributed by atoms with Gasteiger partial charge in [-0.3, -0.25) is 0 Å². The van der Waals surface area contributed by atoms with Gasteiger partial charge < -0.3 is 15.6 Å². The molecule has 2 rings (SSSR count). The number of nitrogens with two attached hydrogens (primary N) is 1. The Morgan fingerprint density at radius 3 is 2.47 bits per heavy atom. The average molecular weight is 239 g/mol. The molecule has 0 aromatic heterocycles. The fourth-order valence-electron chi connectivity index (χ4n) is 2.61. The van der Waals surface area contributed by atoms with Gasteiger partial charge in [-0.25, -0.2) is 4.39 Å². The molecule has 0 unspecified atom stereocenters. The van der Waals surface area contributed by atoms with Gasteiger partial charge in [0.15, 0.2) is 0 Å². The van der Waals surface area contributed by atoms with E-state index in [0.717, 1.165) is 19.3 Å². The molecule has 1 aliphatic rings. The van der Waals surface area contributed by atoms with Crippen LogP contribution in [0.3, 0.4) is 0 Å². The van der Waals surface area contributed by atoms with E-state index in [4.69, 9.17) is 10.5 Å².